The van der Waals surface area contributed by atoms with Gasteiger partial charge in [0.1, 0.15) is 11.5 Å². The van der Waals surface area contributed by atoms with Crippen LogP contribution in [0.3, 0.4) is 0 Å². The molecule has 24 heavy (non-hydrogen) atoms. The van der Waals surface area contributed by atoms with E-state index >= 15 is 0 Å². The molecule has 2 aromatic rings. The average molecular weight is 329 g/mol. The van der Waals surface area contributed by atoms with Gasteiger partial charge in [0.25, 0.3) is 0 Å². The minimum atomic E-state index is -0.721. The van der Waals surface area contributed by atoms with Gasteiger partial charge in [-0.25, -0.2) is 0 Å². The van der Waals surface area contributed by atoms with Crippen LogP contribution in [-0.4, -0.2) is 35.7 Å². The van der Waals surface area contributed by atoms with Gasteiger partial charge in [-0.2, -0.15) is 0 Å². The molecule has 0 bridgehead atoms. The number of nitrogens with zero attached hydrogens (tertiary/aromatic N) is 1. The lowest BCUT2D eigenvalue weighted by Crippen LogP contribution is -2.41. The maximum absolute atomic E-state index is 11.4. The van der Waals surface area contributed by atoms with Gasteiger partial charge in [-0.3, -0.25) is 9.69 Å². The monoisotopic (exact) mass is 329 g/mol. The lowest BCUT2D eigenvalue weighted by Gasteiger charge is -2.36. The Morgan fingerprint density at radius 1 is 1.42 bits per heavy atom. The summed E-state index contributed by atoms with van der Waals surface area (Å²) in [5.74, 6) is 0.597. The van der Waals surface area contributed by atoms with Gasteiger partial charge in [0.05, 0.1) is 24.8 Å². The molecule has 1 aliphatic rings. The Kier molecular flexibility index (Phi) is 5.20. The zero-order valence-corrected chi connectivity index (χ0v) is 13.9. The molecule has 0 saturated carbocycles. The number of piperidine rings is 1. The minimum Gasteiger partial charge on any atom is -0.494 e. The Morgan fingerprint density at radius 2 is 2.29 bits per heavy atom. The summed E-state index contributed by atoms with van der Waals surface area (Å²) in [5, 5.41) is 9.38. The van der Waals surface area contributed by atoms with E-state index < -0.39 is 5.97 Å². The van der Waals surface area contributed by atoms with Crippen LogP contribution in [0, 0.1) is 5.92 Å². The topological polar surface area (TPSA) is 62.9 Å². The van der Waals surface area contributed by atoms with E-state index in [1.54, 1.807) is 6.26 Å². The number of furan rings is 1. The van der Waals surface area contributed by atoms with Crippen LogP contribution in [0.15, 0.2) is 47.1 Å². The average Bonchev–Trinajstić information content (AvgIpc) is 3.10. The molecule has 1 N–H and O–H groups in total. The number of carbonyl (C=O) groups is 1. The highest BCUT2D eigenvalue weighted by Gasteiger charge is 2.32. The van der Waals surface area contributed by atoms with Gasteiger partial charge in [0, 0.05) is 6.54 Å². The first-order valence-electron chi connectivity index (χ1n) is 8.42. The molecule has 1 aliphatic heterocycles. The molecule has 128 valence electrons. The van der Waals surface area contributed by atoms with Crippen molar-refractivity contribution in [3.8, 4) is 5.75 Å². The van der Waals surface area contributed by atoms with E-state index in [2.05, 4.69) is 4.90 Å². The fourth-order valence-electron chi connectivity index (χ4n) is 3.39. The van der Waals surface area contributed by atoms with Crippen LogP contribution < -0.4 is 4.74 Å². The molecule has 1 aromatic heterocycles. The van der Waals surface area contributed by atoms with Gasteiger partial charge in [0.2, 0.25) is 0 Å². The van der Waals surface area contributed by atoms with Crippen LogP contribution in [0.5, 0.6) is 5.75 Å². The lowest BCUT2D eigenvalue weighted by atomic mass is 9.94. The number of rotatable bonds is 6. The summed E-state index contributed by atoms with van der Waals surface area (Å²) in [7, 11) is 0. The largest absolute Gasteiger partial charge is 0.494 e. The van der Waals surface area contributed by atoms with Gasteiger partial charge in [0.15, 0.2) is 0 Å². The molecule has 2 heterocycles. The smallest absolute Gasteiger partial charge is 0.307 e. The lowest BCUT2D eigenvalue weighted by molar-refractivity contribution is -0.143. The van der Waals surface area contributed by atoms with E-state index in [0.29, 0.717) is 13.2 Å². The fraction of sp³-hybridized carbons (Fsp3) is 0.421. The summed E-state index contributed by atoms with van der Waals surface area (Å²) in [4.78, 5) is 13.6. The highest BCUT2D eigenvalue weighted by Crippen LogP contribution is 2.34. The van der Waals surface area contributed by atoms with Crippen LogP contribution in [0.1, 0.15) is 37.1 Å². The molecule has 0 radical (unpaired) electrons. The van der Waals surface area contributed by atoms with Gasteiger partial charge >= 0.3 is 5.97 Å². The second-order valence-corrected chi connectivity index (χ2v) is 6.10. The van der Waals surface area contributed by atoms with Crippen molar-refractivity contribution in [1.29, 1.82) is 0 Å². The normalized spacial score (nSPS) is 19.8. The Bertz CT molecular complexity index is 668. The zero-order chi connectivity index (χ0) is 16.9. The quantitative estimate of drug-likeness (QED) is 0.878. The van der Waals surface area contributed by atoms with E-state index in [0.717, 1.165) is 36.5 Å². The van der Waals surface area contributed by atoms with Gasteiger partial charge in [-0.1, -0.05) is 12.1 Å². The van der Waals surface area contributed by atoms with Crippen molar-refractivity contribution in [3.63, 3.8) is 0 Å². The summed E-state index contributed by atoms with van der Waals surface area (Å²) in [6.07, 6.45) is 3.27. The standard InChI is InChI=1S/C19H23NO4/c1-2-23-16-8-3-6-14(12-16)18(17-9-5-11-24-17)20-10-4-7-15(13-20)19(21)22/h3,5-6,8-9,11-12,15,18H,2,4,7,10,13H2,1H3,(H,21,22). The highest BCUT2D eigenvalue weighted by atomic mass is 16.5. The molecular weight excluding hydrogens is 306 g/mol. The SMILES string of the molecule is CCOc1cccc(C(c2ccco2)N2CCCC(C(=O)O)C2)c1. The summed E-state index contributed by atoms with van der Waals surface area (Å²) in [5.41, 5.74) is 1.06. The van der Waals surface area contributed by atoms with Crippen molar-refractivity contribution < 1.29 is 19.1 Å². The Labute approximate surface area is 141 Å². The van der Waals surface area contributed by atoms with E-state index in [1.165, 1.54) is 0 Å². The molecule has 0 amide bonds. The van der Waals surface area contributed by atoms with E-state index in [4.69, 9.17) is 9.15 Å². The first-order chi connectivity index (χ1) is 11.7. The second-order valence-electron chi connectivity index (χ2n) is 6.10. The summed E-state index contributed by atoms with van der Waals surface area (Å²) in [6.45, 7) is 3.95. The number of hydrogen-bond donors (Lipinski definition) is 1. The van der Waals surface area contributed by atoms with Crippen LogP contribution in [0.25, 0.3) is 0 Å². The molecular formula is C19H23NO4. The number of benzene rings is 1. The number of carboxylic acid groups (broad SMARTS) is 1. The molecule has 2 atom stereocenters. The molecule has 1 saturated heterocycles. The molecule has 0 aliphatic carbocycles. The molecule has 0 spiro atoms. The number of aliphatic carboxylic acids is 1. The highest BCUT2D eigenvalue weighted by molar-refractivity contribution is 5.70. The van der Waals surface area contributed by atoms with Crippen molar-refractivity contribution >= 4 is 5.97 Å². The van der Waals surface area contributed by atoms with Crippen molar-refractivity contribution in [3.05, 3.63) is 54.0 Å². The molecule has 5 heteroatoms. The van der Waals surface area contributed by atoms with E-state index in [-0.39, 0.29) is 12.0 Å². The third-order valence-corrected chi connectivity index (χ3v) is 4.46. The third-order valence-electron chi connectivity index (χ3n) is 4.46. The summed E-state index contributed by atoms with van der Waals surface area (Å²) in [6, 6.07) is 11.7. The first-order valence-corrected chi connectivity index (χ1v) is 8.42. The van der Waals surface area contributed by atoms with E-state index in [1.807, 2.05) is 43.3 Å². The minimum absolute atomic E-state index is 0.0949. The van der Waals surface area contributed by atoms with Crippen molar-refractivity contribution in [2.45, 2.75) is 25.8 Å². The Morgan fingerprint density at radius 3 is 3.00 bits per heavy atom. The van der Waals surface area contributed by atoms with Gasteiger partial charge in [-0.15, -0.1) is 0 Å². The van der Waals surface area contributed by atoms with Crippen molar-refractivity contribution in [1.82, 2.24) is 4.90 Å². The molecule has 1 aromatic carbocycles. The predicted molar refractivity (Wildman–Crippen MR) is 90.1 cm³/mol. The molecule has 3 rings (SSSR count). The predicted octanol–water partition coefficient (Wildman–Crippen LogP) is 3.56. The van der Waals surface area contributed by atoms with Crippen LogP contribution >= 0.6 is 0 Å². The maximum Gasteiger partial charge on any atom is 0.307 e. The van der Waals surface area contributed by atoms with Crippen LogP contribution in [0.2, 0.25) is 0 Å². The van der Waals surface area contributed by atoms with Crippen molar-refractivity contribution in [2.24, 2.45) is 5.92 Å². The zero-order valence-electron chi connectivity index (χ0n) is 13.9. The number of likely N-dealkylation sites (tertiary alicyclic amines) is 1. The molecule has 5 nitrogen and oxygen atoms in total. The summed E-state index contributed by atoms with van der Waals surface area (Å²) < 4.78 is 11.3. The molecule has 2 unspecified atom stereocenters. The number of ether oxygens (including phenoxy) is 1. The number of hydrogen-bond acceptors (Lipinski definition) is 4. The van der Waals surface area contributed by atoms with Crippen LogP contribution in [0.4, 0.5) is 0 Å². The molecule has 1 fully saturated rings. The van der Waals surface area contributed by atoms with Crippen molar-refractivity contribution in [2.75, 3.05) is 19.7 Å². The van der Waals surface area contributed by atoms with E-state index in [9.17, 15) is 9.90 Å². The second kappa shape index (κ2) is 7.53. The summed E-state index contributed by atoms with van der Waals surface area (Å²) >= 11 is 0. The van der Waals surface area contributed by atoms with Gasteiger partial charge < -0.3 is 14.3 Å². The van der Waals surface area contributed by atoms with Crippen LogP contribution in [-0.2, 0) is 4.79 Å². The third kappa shape index (κ3) is 3.62. The maximum atomic E-state index is 11.4. The van der Waals surface area contributed by atoms with Gasteiger partial charge in [-0.05, 0) is 56.1 Å². The Hall–Kier alpha value is -2.27. The first kappa shape index (κ1) is 16.6. The fourth-order valence-corrected chi connectivity index (χ4v) is 3.39. The number of carboxylic acids is 1. The Balaban J connectivity index is 1.92.